The predicted octanol–water partition coefficient (Wildman–Crippen LogP) is 0.0814. The summed E-state index contributed by atoms with van der Waals surface area (Å²) in [7, 11) is 0. The molecule has 4 nitrogen and oxygen atoms in total. The maximum atomic E-state index is 14.0. The smallest absolute Gasteiger partial charge is 0.549 e. The number of benzene rings is 1. The van der Waals surface area contributed by atoms with Gasteiger partial charge in [0.1, 0.15) is 12.1 Å². The zero-order valence-corrected chi connectivity index (χ0v) is 15.5. The van der Waals surface area contributed by atoms with E-state index in [0.717, 1.165) is 6.39 Å². The van der Waals surface area contributed by atoms with Crippen molar-refractivity contribution in [2.75, 3.05) is 0 Å². The molecule has 112 valence electrons. The largest absolute Gasteiger partial charge is 1.00 e. The number of thiophene rings is 1. The molecule has 0 bridgehead atoms. The molecular weight excluding hydrogens is 352 g/mol. The standard InChI is InChI=1S/C15H9ClFNO3S.Na/c16-13-4-3-12(22-13)9-5-8(1-2-10(9)17)14(15(19)20)11-6-21-7-18-11;/h1-7,14H,(H,19,20);/q;+1/p-1. The van der Waals surface area contributed by atoms with Gasteiger partial charge < -0.3 is 14.3 Å². The van der Waals surface area contributed by atoms with E-state index in [2.05, 4.69) is 4.98 Å². The average Bonchev–Trinajstić information content (AvgIpc) is 3.12. The van der Waals surface area contributed by atoms with Gasteiger partial charge in [0, 0.05) is 10.4 Å². The second-order valence-corrected chi connectivity index (χ2v) is 6.22. The number of carbonyl (C=O) groups is 1. The van der Waals surface area contributed by atoms with E-state index in [0.29, 0.717) is 14.8 Å². The van der Waals surface area contributed by atoms with Gasteiger partial charge in [-0.25, -0.2) is 9.37 Å². The van der Waals surface area contributed by atoms with Crippen LogP contribution in [0.1, 0.15) is 17.2 Å². The predicted molar refractivity (Wildman–Crippen MR) is 78.1 cm³/mol. The normalized spacial score (nSPS) is 11.7. The zero-order chi connectivity index (χ0) is 15.7. The minimum absolute atomic E-state index is 0. The number of carbonyl (C=O) groups excluding carboxylic acids is 1. The van der Waals surface area contributed by atoms with Gasteiger partial charge >= 0.3 is 29.6 Å². The van der Waals surface area contributed by atoms with Crippen molar-refractivity contribution in [1.82, 2.24) is 4.98 Å². The fourth-order valence-corrected chi connectivity index (χ4v) is 3.22. The van der Waals surface area contributed by atoms with E-state index in [1.165, 1.54) is 35.8 Å². The molecule has 0 radical (unpaired) electrons. The van der Waals surface area contributed by atoms with Crippen LogP contribution < -0.4 is 34.7 Å². The van der Waals surface area contributed by atoms with Crippen LogP contribution in [0.5, 0.6) is 0 Å². The van der Waals surface area contributed by atoms with Crippen molar-refractivity contribution in [2.45, 2.75) is 5.92 Å². The summed E-state index contributed by atoms with van der Waals surface area (Å²) in [6, 6.07) is 7.41. The van der Waals surface area contributed by atoms with E-state index in [9.17, 15) is 14.3 Å². The Hall–Kier alpha value is -1.18. The molecule has 3 rings (SSSR count). The molecule has 0 aliphatic rings. The molecule has 2 heterocycles. The quantitative estimate of drug-likeness (QED) is 0.619. The summed E-state index contributed by atoms with van der Waals surface area (Å²) in [6.45, 7) is 0. The van der Waals surface area contributed by atoms with E-state index >= 15 is 0 Å². The Morgan fingerprint density at radius 1 is 1.35 bits per heavy atom. The average molecular weight is 360 g/mol. The molecular formula is C15H8ClFNNaO3S. The molecule has 2 aromatic heterocycles. The Bertz CT molecular complexity index is 822. The molecule has 1 atom stereocenters. The first-order valence-electron chi connectivity index (χ1n) is 6.20. The third kappa shape index (κ3) is 3.84. The first-order chi connectivity index (χ1) is 10.6. The zero-order valence-electron chi connectivity index (χ0n) is 12.0. The number of hydrogen-bond acceptors (Lipinski definition) is 5. The van der Waals surface area contributed by atoms with Crippen LogP contribution in [0.3, 0.4) is 0 Å². The molecule has 0 amide bonds. The molecule has 0 N–H and O–H groups in total. The van der Waals surface area contributed by atoms with Crippen molar-refractivity contribution < 1.29 is 48.3 Å². The number of aromatic nitrogens is 1. The SMILES string of the molecule is O=C([O-])C(c1ccc(F)c(-c2ccc(Cl)s2)c1)c1cocn1.[Na+]. The van der Waals surface area contributed by atoms with Crippen LogP contribution in [-0.2, 0) is 4.79 Å². The first-order valence-corrected chi connectivity index (χ1v) is 7.40. The monoisotopic (exact) mass is 359 g/mol. The second-order valence-electron chi connectivity index (χ2n) is 4.51. The van der Waals surface area contributed by atoms with Crippen molar-refractivity contribution in [3.63, 3.8) is 0 Å². The summed E-state index contributed by atoms with van der Waals surface area (Å²) in [5, 5.41) is 11.4. The summed E-state index contributed by atoms with van der Waals surface area (Å²) in [5.74, 6) is -2.93. The number of carboxylic acids is 1. The van der Waals surface area contributed by atoms with Gasteiger partial charge in [-0.05, 0) is 29.8 Å². The Morgan fingerprint density at radius 3 is 2.70 bits per heavy atom. The van der Waals surface area contributed by atoms with Gasteiger partial charge in [-0.2, -0.15) is 0 Å². The third-order valence-electron chi connectivity index (χ3n) is 3.15. The van der Waals surface area contributed by atoms with E-state index < -0.39 is 17.7 Å². The molecule has 3 aromatic rings. The van der Waals surface area contributed by atoms with Crippen molar-refractivity contribution >= 4 is 28.9 Å². The topological polar surface area (TPSA) is 66.2 Å². The van der Waals surface area contributed by atoms with Gasteiger partial charge in [0.05, 0.1) is 21.9 Å². The van der Waals surface area contributed by atoms with Crippen LogP contribution in [0.15, 0.2) is 47.4 Å². The van der Waals surface area contributed by atoms with Crippen molar-refractivity contribution in [1.29, 1.82) is 0 Å². The van der Waals surface area contributed by atoms with Crippen molar-refractivity contribution in [3.8, 4) is 10.4 Å². The maximum absolute atomic E-state index is 14.0. The number of aliphatic carboxylic acids is 1. The van der Waals surface area contributed by atoms with Crippen LogP contribution in [0.4, 0.5) is 4.39 Å². The fourth-order valence-electron chi connectivity index (χ4n) is 2.16. The van der Waals surface area contributed by atoms with Crippen molar-refractivity contribution in [3.05, 3.63) is 64.4 Å². The summed E-state index contributed by atoms with van der Waals surface area (Å²) >= 11 is 7.08. The number of nitrogens with zero attached hydrogens (tertiary/aromatic N) is 1. The van der Waals surface area contributed by atoms with Gasteiger partial charge in [-0.3, -0.25) is 0 Å². The summed E-state index contributed by atoms with van der Waals surface area (Å²) in [4.78, 5) is 15.9. The van der Waals surface area contributed by atoms with E-state index in [1.54, 1.807) is 12.1 Å². The number of halogens is 2. The van der Waals surface area contributed by atoms with Crippen LogP contribution in [0, 0.1) is 5.82 Å². The molecule has 0 aliphatic heterocycles. The molecule has 1 unspecified atom stereocenters. The minimum atomic E-state index is -1.34. The molecule has 0 saturated carbocycles. The van der Waals surface area contributed by atoms with Crippen LogP contribution >= 0.6 is 22.9 Å². The Balaban J connectivity index is 0.00000192. The van der Waals surface area contributed by atoms with Gasteiger partial charge in [-0.1, -0.05) is 17.7 Å². The minimum Gasteiger partial charge on any atom is -0.549 e. The molecule has 0 spiro atoms. The molecule has 1 aromatic carbocycles. The molecule has 0 aliphatic carbocycles. The third-order valence-corrected chi connectivity index (χ3v) is 4.41. The fraction of sp³-hybridized carbons (Fsp3) is 0.0667. The Labute approximate surface area is 162 Å². The molecule has 0 saturated heterocycles. The second kappa shape index (κ2) is 7.59. The number of rotatable bonds is 4. The van der Waals surface area contributed by atoms with Gasteiger partial charge in [-0.15, -0.1) is 11.3 Å². The number of oxazole rings is 1. The van der Waals surface area contributed by atoms with Crippen LogP contribution in [-0.4, -0.2) is 11.0 Å². The number of hydrogen-bond donors (Lipinski definition) is 0. The Kier molecular flexibility index (Phi) is 6.00. The summed E-state index contributed by atoms with van der Waals surface area (Å²) in [5.41, 5.74) is 0.834. The van der Waals surface area contributed by atoms with Crippen LogP contribution in [0.25, 0.3) is 10.4 Å². The van der Waals surface area contributed by atoms with Crippen molar-refractivity contribution in [2.24, 2.45) is 0 Å². The van der Waals surface area contributed by atoms with Gasteiger partial charge in [0.25, 0.3) is 0 Å². The first kappa shape index (κ1) is 18.2. The summed E-state index contributed by atoms with van der Waals surface area (Å²) < 4.78 is 19.4. The van der Waals surface area contributed by atoms with E-state index in [-0.39, 0.29) is 40.8 Å². The molecule has 23 heavy (non-hydrogen) atoms. The van der Waals surface area contributed by atoms with E-state index in [4.69, 9.17) is 16.0 Å². The van der Waals surface area contributed by atoms with Gasteiger partial charge in [0.15, 0.2) is 6.39 Å². The molecule has 8 heteroatoms. The Morgan fingerprint density at radius 2 is 2.13 bits per heavy atom. The molecule has 0 fully saturated rings. The van der Waals surface area contributed by atoms with E-state index in [1.807, 2.05) is 0 Å². The van der Waals surface area contributed by atoms with Crippen LogP contribution in [0.2, 0.25) is 4.34 Å². The number of carboxylic acid groups (broad SMARTS) is 1. The maximum Gasteiger partial charge on any atom is 1.00 e. The van der Waals surface area contributed by atoms with Gasteiger partial charge in [0.2, 0.25) is 0 Å². The summed E-state index contributed by atoms with van der Waals surface area (Å²) in [6.07, 6.45) is 2.36.